The summed E-state index contributed by atoms with van der Waals surface area (Å²) in [4.78, 5) is 46.4. The molecule has 0 bridgehead atoms. The molecule has 7 heteroatoms. The maximum absolute atomic E-state index is 12.8. The predicted octanol–water partition coefficient (Wildman–Crippen LogP) is 1.56. The molecule has 1 fully saturated rings. The molecule has 0 aromatic carbocycles. The Morgan fingerprint density at radius 1 is 1.26 bits per heavy atom. The average molecular weight is 364 g/mol. The summed E-state index contributed by atoms with van der Waals surface area (Å²) >= 11 is 0. The third-order valence-corrected chi connectivity index (χ3v) is 5.33. The van der Waals surface area contributed by atoms with Crippen LogP contribution in [0.15, 0.2) is 46.1 Å². The predicted molar refractivity (Wildman–Crippen MR) is 102 cm³/mol. The number of hydrogen-bond donors (Lipinski definition) is 1. The minimum atomic E-state index is -0.285. The molecule has 0 unspecified atom stereocenters. The Kier molecular flexibility index (Phi) is 4.14. The van der Waals surface area contributed by atoms with E-state index in [0.717, 1.165) is 17.8 Å². The molecule has 3 aromatic heterocycles. The van der Waals surface area contributed by atoms with Crippen LogP contribution in [0.4, 0.5) is 0 Å². The lowest BCUT2D eigenvalue weighted by atomic mass is 10.0. The highest BCUT2D eigenvalue weighted by Gasteiger charge is 2.30. The first-order chi connectivity index (χ1) is 13.0. The molecule has 4 heterocycles. The maximum Gasteiger partial charge on any atom is 0.263 e. The zero-order chi connectivity index (χ0) is 19.1. The standard InChI is InChI=1S/C20H20N4O3/c1-12-5-6-15(19(26)23(12)2)20(27)24-9-7-13(11-24)16-10-17-14(18(25)22-16)4-3-8-21-17/h3-6,8,10,13H,7,9,11H2,1-2H3,(H,22,25)/t13-/m1/s1. The number of likely N-dealkylation sites (tertiary alicyclic amines) is 1. The van der Waals surface area contributed by atoms with E-state index in [1.807, 2.05) is 13.0 Å². The second-order valence-corrected chi connectivity index (χ2v) is 6.98. The van der Waals surface area contributed by atoms with Crippen molar-refractivity contribution >= 4 is 16.8 Å². The van der Waals surface area contributed by atoms with Crippen molar-refractivity contribution in [3.05, 3.63) is 74.2 Å². The summed E-state index contributed by atoms with van der Waals surface area (Å²) in [7, 11) is 1.66. The van der Waals surface area contributed by atoms with Crippen LogP contribution in [-0.4, -0.2) is 38.4 Å². The first kappa shape index (κ1) is 17.2. The molecule has 0 aliphatic carbocycles. The minimum absolute atomic E-state index is 0.0161. The molecule has 0 saturated carbocycles. The monoisotopic (exact) mass is 364 g/mol. The van der Waals surface area contributed by atoms with Crippen LogP contribution in [-0.2, 0) is 7.05 Å². The molecule has 1 aliphatic rings. The molecule has 0 radical (unpaired) electrons. The maximum atomic E-state index is 12.8. The number of fused-ring (bicyclic) bond motifs is 1. The Bertz CT molecular complexity index is 1160. The fourth-order valence-electron chi connectivity index (χ4n) is 3.59. The van der Waals surface area contributed by atoms with Crippen LogP contribution >= 0.6 is 0 Å². The molecule has 4 rings (SSSR count). The fourth-order valence-corrected chi connectivity index (χ4v) is 3.59. The molecule has 3 aromatic rings. The topological polar surface area (TPSA) is 88.1 Å². The molecule has 7 nitrogen and oxygen atoms in total. The normalized spacial score (nSPS) is 16.8. The van der Waals surface area contributed by atoms with Crippen LogP contribution in [0.3, 0.4) is 0 Å². The van der Waals surface area contributed by atoms with Crippen molar-refractivity contribution in [3.63, 3.8) is 0 Å². The lowest BCUT2D eigenvalue weighted by Gasteiger charge is -2.17. The van der Waals surface area contributed by atoms with E-state index in [9.17, 15) is 14.4 Å². The number of aromatic nitrogens is 3. The van der Waals surface area contributed by atoms with Gasteiger partial charge in [-0.25, -0.2) is 0 Å². The molecule has 0 spiro atoms. The molecule has 1 aliphatic heterocycles. The van der Waals surface area contributed by atoms with Gasteiger partial charge in [-0.05, 0) is 43.7 Å². The third-order valence-electron chi connectivity index (χ3n) is 5.33. The van der Waals surface area contributed by atoms with E-state index in [1.54, 1.807) is 42.4 Å². The number of nitrogens with zero attached hydrogens (tertiary/aromatic N) is 3. The summed E-state index contributed by atoms with van der Waals surface area (Å²) < 4.78 is 1.48. The van der Waals surface area contributed by atoms with Gasteiger partial charge in [-0.15, -0.1) is 0 Å². The highest BCUT2D eigenvalue weighted by atomic mass is 16.2. The smallest absolute Gasteiger partial charge is 0.263 e. The lowest BCUT2D eigenvalue weighted by molar-refractivity contribution is 0.0788. The molecule has 1 saturated heterocycles. The van der Waals surface area contributed by atoms with Gasteiger partial charge in [0.25, 0.3) is 17.0 Å². The average Bonchev–Trinajstić information content (AvgIpc) is 3.16. The SMILES string of the molecule is Cc1ccc(C(=O)N2CC[C@@H](c3cc4ncccc4c(=O)[nH]3)C2)c(=O)n1C. The molecule has 1 atom stereocenters. The summed E-state index contributed by atoms with van der Waals surface area (Å²) in [6.07, 6.45) is 2.38. The summed E-state index contributed by atoms with van der Waals surface area (Å²) in [6.45, 7) is 2.83. The largest absolute Gasteiger partial charge is 0.338 e. The van der Waals surface area contributed by atoms with E-state index < -0.39 is 0 Å². The van der Waals surface area contributed by atoms with Crippen molar-refractivity contribution in [1.29, 1.82) is 0 Å². The van der Waals surface area contributed by atoms with E-state index in [4.69, 9.17) is 0 Å². The number of carbonyl (C=O) groups excluding carboxylic acids is 1. The number of hydrogen-bond acceptors (Lipinski definition) is 4. The Morgan fingerprint density at radius 3 is 2.89 bits per heavy atom. The quantitative estimate of drug-likeness (QED) is 0.747. The Balaban J connectivity index is 1.61. The number of nitrogens with one attached hydrogen (secondary N) is 1. The van der Waals surface area contributed by atoms with Gasteiger partial charge >= 0.3 is 0 Å². The summed E-state index contributed by atoms with van der Waals surface area (Å²) in [6, 6.07) is 8.71. The Labute approximate surface area is 155 Å². The Morgan fingerprint density at radius 2 is 2.07 bits per heavy atom. The molecular formula is C20H20N4O3. The van der Waals surface area contributed by atoms with Gasteiger partial charge in [0.05, 0.1) is 10.9 Å². The summed E-state index contributed by atoms with van der Waals surface area (Å²) in [5.74, 6) is -0.248. The number of aromatic amines is 1. The van der Waals surface area contributed by atoms with E-state index in [1.165, 1.54) is 4.57 Å². The second-order valence-electron chi connectivity index (χ2n) is 6.98. The molecule has 27 heavy (non-hydrogen) atoms. The molecular weight excluding hydrogens is 344 g/mol. The van der Waals surface area contributed by atoms with Gasteiger partial charge in [0.1, 0.15) is 5.56 Å². The lowest BCUT2D eigenvalue weighted by Crippen LogP contribution is -2.35. The summed E-state index contributed by atoms with van der Waals surface area (Å²) in [5, 5.41) is 0.551. The third kappa shape index (κ3) is 2.95. The van der Waals surface area contributed by atoms with Crippen molar-refractivity contribution in [2.75, 3.05) is 13.1 Å². The van der Waals surface area contributed by atoms with Crippen LogP contribution in [0.5, 0.6) is 0 Å². The van der Waals surface area contributed by atoms with E-state index in [2.05, 4.69) is 9.97 Å². The van der Waals surface area contributed by atoms with E-state index in [0.29, 0.717) is 24.0 Å². The van der Waals surface area contributed by atoms with Gasteiger partial charge in [0, 0.05) is 43.6 Å². The summed E-state index contributed by atoms with van der Waals surface area (Å²) in [5.41, 5.74) is 1.95. The number of amides is 1. The number of H-pyrrole nitrogens is 1. The van der Waals surface area contributed by atoms with Crippen LogP contribution in [0.2, 0.25) is 0 Å². The van der Waals surface area contributed by atoms with Crippen molar-refractivity contribution in [1.82, 2.24) is 19.4 Å². The number of pyridine rings is 3. The van der Waals surface area contributed by atoms with Gasteiger partial charge in [0.2, 0.25) is 0 Å². The number of rotatable bonds is 2. The second kappa shape index (κ2) is 6.50. The van der Waals surface area contributed by atoms with Crippen LogP contribution in [0.1, 0.15) is 34.1 Å². The van der Waals surface area contributed by atoms with Crippen molar-refractivity contribution in [2.45, 2.75) is 19.3 Å². The van der Waals surface area contributed by atoms with Crippen molar-refractivity contribution in [2.24, 2.45) is 7.05 Å². The zero-order valence-corrected chi connectivity index (χ0v) is 15.2. The van der Waals surface area contributed by atoms with Gasteiger partial charge in [-0.1, -0.05) is 0 Å². The zero-order valence-electron chi connectivity index (χ0n) is 15.2. The van der Waals surface area contributed by atoms with Crippen LogP contribution < -0.4 is 11.1 Å². The highest BCUT2D eigenvalue weighted by molar-refractivity contribution is 5.94. The highest BCUT2D eigenvalue weighted by Crippen LogP contribution is 2.27. The number of carbonyl (C=O) groups is 1. The first-order valence-electron chi connectivity index (χ1n) is 8.89. The minimum Gasteiger partial charge on any atom is -0.338 e. The molecule has 138 valence electrons. The first-order valence-corrected chi connectivity index (χ1v) is 8.89. The number of aryl methyl sites for hydroxylation is 1. The van der Waals surface area contributed by atoms with Gasteiger partial charge in [-0.3, -0.25) is 19.4 Å². The van der Waals surface area contributed by atoms with Gasteiger partial charge in [-0.2, -0.15) is 0 Å². The fraction of sp³-hybridized carbons (Fsp3) is 0.300. The van der Waals surface area contributed by atoms with E-state index >= 15 is 0 Å². The molecule has 1 N–H and O–H groups in total. The van der Waals surface area contributed by atoms with Gasteiger partial charge < -0.3 is 14.5 Å². The van der Waals surface area contributed by atoms with E-state index in [-0.39, 0.29) is 28.5 Å². The van der Waals surface area contributed by atoms with Crippen molar-refractivity contribution in [3.8, 4) is 0 Å². The van der Waals surface area contributed by atoms with Crippen LogP contribution in [0.25, 0.3) is 10.9 Å². The Hall–Kier alpha value is -3.22. The molecule has 1 amide bonds. The van der Waals surface area contributed by atoms with Crippen molar-refractivity contribution < 1.29 is 4.79 Å². The van der Waals surface area contributed by atoms with Crippen LogP contribution in [0, 0.1) is 6.92 Å². The van der Waals surface area contributed by atoms with Gasteiger partial charge in [0.15, 0.2) is 0 Å².